The number of hydrogen-bond acceptors (Lipinski definition) is 3. The average molecular weight is 302 g/mol. The topological polar surface area (TPSA) is 40.8 Å². The minimum absolute atomic E-state index is 0.155. The van der Waals surface area contributed by atoms with Crippen LogP contribution in [0.3, 0.4) is 0 Å². The zero-order chi connectivity index (χ0) is 13.7. The molecular formula is C12H12F2N2OS2. The second-order valence-electron chi connectivity index (χ2n) is 3.77. The van der Waals surface area contributed by atoms with Crippen LogP contribution in [0.1, 0.15) is 5.69 Å². The maximum Gasteiger partial charge on any atom is 0.247 e. The van der Waals surface area contributed by atoms with E-state index in [0.29, 0.717) is 10.5 Å². The molecule has 2 N–H and O–H groups in total. The van der Waals surface area contributed by atoms with Crippen LogP contribution in [-0.4, -0.2) is 22.1 Å². The largest absolute Gasteiger partial charge is 0.459 e. The molecule has 0 saturated heterocycles. The molecule has 1 atom stereocenters. The number of alkyl halides is 1. The standard InChI is InChI=1S/C12H12F2N2OS2/c13-8-2-1-3-10(4-8)17-11(14)7-19-6-9-5-15-12(18)16-9/h1-5,11H,6-7H2,(H2,15,16,18). The highest BCUT2D eigenvalue weighted by molar-refractivity contribution is 7.98. The van der Waals surface area contributed by atoms with Crippen LogP contribution in [0.2, 0.25) is 0 Å². The zero-order valence-corrected chi connectivity index (χ0v) is 11.5. The fourth-order valence-corrected chi connectivity index (χ4v) is 2.37. The summed E-state index contributed by atoms with van der Waals surface area (Å²) in [7, 11) is 0. The Balaban J connectivity index is 1.75. The highest BCUT2D eigenvalue weighted by atomic mass is 32.2. The van der Waals surface area contributed by atoms with Crippen LogP contribution in [0.15, 0.2) is 30.5 Å². The Morgan fingerprint density at radius 3 is 2.95 bits per heavy atom. The number of benzene rings is 1. The van der Waals surface area contributed by atoms with E-state index in [-0.39, 0.29) is 11.5 Å². The van der Waals surface area contributed by atoms with Crippen molar-refractivity contribution in [1.82, 2.24) is 9.97 Å². The number of rotatable bonds is 6. The van der Waals surface area contributed by atoms with Crippen molar-refractivity contribution in [2.24, 2.45) is 0 Å². The molecule has 0 bridgehead atoms. The lowest BCUT2D eigenvalue weighted by molar-refractivity contribution is 0.0902. The molecule has 3 nitrogen and oxygen atoms in total. The van der Waals surface area contributed by atoms with E-state index in [4.69, 9.17) is 17.0 Å². The first kappa shape index (κ1) is 14.1. The number of ether oxygens (including phenoxy) is 1. The van der Waals surface area contributed by atoms with Crippen molar-refractivity contribution >= 4 is 24.0 Å². The fourth-order valence-electron chi connectivity index (χ4n) is 1.43. The summed E-state index contributed by atoms with van der Waals surface area (Å²) >= 11 is 6.24. The zero-order valence-electron chi connectivity index (χ0n) is 9.86. The third kappa shape index (κ3) is 4.68. The van der Waals surface area contributed by atoms with Crippen molar-refractivity contribution < 1.29 is 13.5 Å². The summed E-state index contributed by atoms with van der Waals surface area (Å²) in [6.07, 6.45) is 0.268. The molecule has 1 heterocycles. The summed E-state index contributed by atoms with van der Waals surface area (Å²) < 4.78 is 31.9. The molecule has 0 saturated carbocycles. The van der Waals surface area contributed by atoms with Crippen LogP contribution in [-0.2, 0) is 5.75 Å². The monoisotopic (exact) mass is 302 g/mol. The van der Waals surface area contributed by atoms with E-state index >= 15 is 0 Å². The van der Waals surface area contributed by atoms with Gasteiger partial charge in [-0.15, -0.1) is 11.8 Å². The minimum Gasteiger partial charge on any atom is -0.459 e. The van der Waals surface area contributed by atoms with E-state index in [2.05, 4.69) is 9.97 Å². The van der Waals surface area contributed by atoms with Gasteiger partial charge in [-0.25, -0.2) is 8.78 Å². The number of imidazole rings is 1. The highest BCUT2D eigenvalue weighted by Gasteiger charge is 2.09. The lowest BCUT2D eigenvalue weighted by Crippen LogP contribution is -2.13. The predicted molar refractivity (Wildman–Crippen MR) is 74.1 cm³/mol. The van der Waals surface area contributed by atoms with Crippen LogP contribution in [0.25, 0.3) is 0 Å². The number of hydrogen-bond donors (Lipinski definition) is 2. The molecule has 102 valence electrons. The maximum atomic E-state index is 13.5. The lowest BCUT2D eigenvalue weighted by atomic mass is 10.3. The molecule has 0 fully saturated rings. The number of aromatic amines is 2. The Kier molecular flexibility index (Phi) is 4.98. The number of aromatic nitrogens is 2. The molecule has 1 unspecified atom stereocenters. The number of H-pyrrole nitrogens is 2. The lowest BCUT2D eigenvalue weighted by Gasteiger charge is -2.10. The van der Waals surface area contributed by atoms with E-state index in [0.717, 1.165) is 11.8 Å². The van der Waals surface area contributed by atoms with Gasteiger partial charge in [-0.3, -0.25) is 0 Å². The van der Waals surface area contributed by atoms with Gasteiger partial charge in [0.25, 0.3) is 0 Å². The van der Waals surface area contributed by atoms with Crippen LogP contribution in [0.5, 0.6) is 5.75 Å². The van der Waals surface area contributed by atoms with Crippen LogP contribution >= 0.6 is 24.0 Å². The number of nitrogens with one attached hydrogen (secondary N) is 2. The minimum atomic E-state index is -1.48. The Morgan fingerprint density at radius 2 is 2.26 bits per heavy atom. The quantitative estimate of drug-likeness (QED) is 0.797. The van der Waals surface area contributed by atoms with Crippen molar-refractivity contribution in [1.29, 1.82) is 0 Å². The maximum absolute atomic E-state index is 13.5. The average Bonchev–Trinajstić information content (AvgIpc) is 2.75. The summed E-state index contributed by atoms with van der Waals surface area (Å²) in [6.45, 7) is 0. The van der Waals surface area contributed by atoms with E-state index in [9.17, 15) is 8.78 Å². The first-order valence-corrected chi connectivity index (χ1v) is 7.10. The first-order chi connectivity index (χ1) is 9.13. The van der Waals surface area contributed by atoms with E-state index in [1.165, 1.54) is 30.0 Å². The molecule has 19 heavy (non-hydrogen) atoms. The van der Waals surface area contributed by atoms with Gasteiger partial charge in [0, 0.05) is 23.7 Å². The van der Waals surface area contributed by atoms with Gasteiger partial charge in [0.05, 0.1) is 5.75 Å². The van der Waals surface area contributed by atoms with Gasteiger partial charge in [-0.05, 0) is 24.4 Å². The SMILES string of the molecule is Fc1cccc(OC(F)CSCc2c[nH]c(=S)[nH]2)c1. The third-order valence-corrected chi connectivity index (χ3v) is 3.45. The molecule has 0 aliphatic carbocycles. The molecule has 1 aromatic carbocycles. The van der Waals surface area contributed by atoms with Crippen molar-refractivity contribution in [2.45, 2.75) is 12.1 Å². The predicted octanol–water partition coefficient (Wildman–Crippen LogP) is 3.82. The Hall–Kier alpha value is -1.34. The second kappa shape index (κ2) is 6.72. The summed E-state index contributed by atoms with van der Waals surface area (Å²) in [5, 5.41) is 0. The van der Waals surface area contributed by atoms with Gasteiger partial charge in [-0.2, -0.15) is 0 Å². The van der Waals surface area contributed by atoms with Crippen LogP contribution in [0.4, 0.5) is 8.78 Å². The molecule has 0 radical (unpaired) electrons. The van der Waals surface area contributed by atoms with E-state index in [1.807, 2.05) is 0 Å². The molecule has 2 aromatic rings. The second-order valence-corrected chi connectivity index (χ2v) is 5.21. The molecule has 1 aromatic heterocycles. The molecule has 7 heteroatoms. The fraction of sp³-hybridized carbons (Fsp3) is 0.250. The van der Waals surface area contributed by atoms with Crippen LogP contribution in [0, 0.1) is 10.6 Å². The Labute approximate surface area is 118 Å². The molecule has 0 spiro atoms. The smallest absolute Gasteiger partial charge is 0.247 e. The summed E-state index contributed by atoms with van der Waals surface area (Å²) in [6, 6.07) is 5.43. The summed E-state index contributed by atoms with van der Waals surface area (Å²) in [5.74, 6) is 0.494. The van der Waals surface area contributed by atoms with Crippen molar-refractivity contribution in [3.63, 3.8) is 0 Å². The van der Waals surface area contributed by atoms with Crippen LogP contribution < -0.4 is 4.74 Å². The molecule has 0 amide bonds. The van der Waals surface area contributed by atoms with E-state index in [1.54, 1.807) is 6.20 Å². The third-order valence-electron chi connectivity index (χ3n) is 2.22. The summed E-state index contributed by atoms with van der Waals surface area (Å²) in [4.78, 5) is 5.76. The van der Waals surface area contributed by atoms with Crippen molar-refractivity contribution in [3.05, 3.63) is 46.7 Å². The van der Waals surface area contributed by atoms with E-state index < -0.39 is 12.2 Å². The van der Waals surface area contributed by atoms with Crippen molar-refractivity contribution in [3.8, 4) is 5.75 Å². The summed E-state index contributed by atoms with van der Waals surface area (Å²) in [5.41, 5.74) is 0.896. The van der Waals surface area contributed by atoms with Gasteiger partial charge < -0.3 is 14.7 Å². The van der Waals surface area contributed by atoms with Gasteiger partial charge in [0.15, 0.2) is 4.77 Å². The molecular weight excluding hydrogens is 290 g/mol. The molecule has 0 aliphatic rings. The van der Waals surface area contributed by atoms with Gasteiger partial charge in [-0.1, -0.05) is 6.07 Å². The molecule has 2 rings (SSSR count). The number of halogens is 2. The van der Waals surface area contributed by atoms with Gasteiger partial charge >= 0.3 is 0 Å². The van der Waals surface area contributed by atoms with Gasteiger partial charge in [0.2, 0.25) is 6.36 Å². The normalized spacial score (nSPS) is 12.3. The Bertz CT molecular complexity index is 585. The number of thioether (sulfide) groups is 1. The van der Waals surface area contributed by atoms with Gasteiger partial charge in [0.1, 0.15) is 11.6 Å². The highest BCUT2D eigenvalue weighted by Crippen LogP contribution is 2.18. The molecule has 0 aliphatic heterocycles. The Morgan fingerprint density at radius 1 is 1.42 bits per heavy atom. The first-order valence-electron chi connectivity index (χ1n) is 5.54. The van der Waals surface area contributed by atoms with Crippen molar-refractivity contribution in [2.75, 3.05) is 5.75 Å².